The number of likely N-dealkylation sites (N-methyl/N-ethyl adjacent to an activating group) is 1. The van der Waals surface area contributed by atoms with Crippen LogP contribution in [0.3, 0.4) is 0 Å². The molecule has 0 aliphatic carbocycles. The number of fused-ring (bicyclic) bond motifs is 2. The zero-order valence-electron chi connectivity index (χ0n) is 17.5. The molecular weight excluding hydrogens is 394 g/mol. The van der Waals surface area contributed by atoms with Gasteiger partial charge in [-0.2, -0.15) is 0 Å². The molecule has 154 valence electrons. The van der Waals surface area contributed by atoms with E-state index in [0.29, 0.717) is 23.8 Å². The summed E-state index contributed by atoms with van der Waals surface area (Å²) >= 11 is 1.52. The number of hydrogen-bond donors (Lipinski definition) is 0. The van der Waals surface area contributed by atoms with Crippen molar-refractivity contribution in [3.8, 4) is 5.75 Å². The molecule has 1 heterocycles. The number of aromatic nitrogens is 1. The molecule has 0 aliphatic heterocycles. The van der Waals surface area contributed by atoms with Gasteiger partial charge in [-0.05, 0) is 50.0 Å². The van der Waals surface area contributed by atoms with Crippen molar-refractivity contribution < 1.29 is 9.53 Å². The first-order chi connectivity index (χ1) is 14.6. The van der Waals surface area contributed by atoms with Gasteiger partial charge in [-0.1, -0.05) is 53.8 Å². The number of thiazole rings is 1. The van der Waals surface area contributed by atoms with E-state index in [-0.39, 0.29) is 5.91 Å². The van der Waals surface area contributed by atoms with Gasteiger partial charge in [0.15, 0.2) is 5.13 Å². The molecule has 0 N–H and O–H groups in total. The van der Waals surface area contributed by atoms with E-state index in [1.807, 2.05) is 81.7 Å². The summed E-state index contributed by atoms with van der Waals surface area (Å²) in [6, 6.07) is 19.8. The molecule has 0 saturated heterocycles. The minimum atomic E-state index is -0.0364. The first-order valence-corrected chi connectivity index (χ1v) is 10.9. The van der Waals surface area contributed by atoms with Gasteiger partial charge < -0.3 is 9.64 Å². The molecule has 3 aromatic carbocycles. The van der Waals surface area contributed by atoms with Gasteiger partial charge in [0, 0.05) is 18.7 Å². The van der Waals surface area contributed by atoms with Crippen LogP contribution in [0.1, 0.15) is 17.3 Å². The molecule has 30 heavy (non-hydrogen) atoms. The van der Waals surface area contributed by atoms with Gasteiger partial charge >= 0.3 is 0 Å². The Kier molecular flexibility index (Phi) is 5.97. The van der Waals surface area contributed by atoms with Crippen molar-refractivity contribution in [2.45, 2.75) is 6.92 Å². The largest absolute Gasteiger partial charge is 0.492 e. The second-order valence-electron chi connectivity index (χ2n) is 7.32. The van der Waals surface area contributed by atoms with Gasteiger partial charge in [0.05, 0.1) is 11.3 Å². The minimum Gasteiger partial charge on any atom is -0.492 e. The highest BCUT2D eigenvalue weighted by atomic mass is 32.1. The Bertz CT molecular complexity index is 1180. The Morgan fingerprint density at radius 3 is 2.57 bits per heavy atom. The van der Waals surface area contributed by atoms with Crippen LogP contribution < -0.4 is 9.64 Å². The zero-order valence-corrected chi connectivity index (χ0v) is 18.3. The molecule has 0 bridgehead atoms. The molecule has 0 aliphatic rings. The highest BCUT2D eigenvalue weighted by molar-refractivity contribution is 7.22. The zero-order chi connectivity index (χ0) is 21.1. The Morgan fingerprint density at radius 2 is 1.77 bits per heavy atom. The molecule has 5 nitrogen and oxygen atoms in total. The Balaban J connectivity index is 1.79. The van der Waals surface area contributed by atoms with Crippen molar-refractivity contribution in [1.29, 1.82) is 0 Å². The summed E-state index contributed by atoms with van der Waals surface area (Å²) in [4.78, 5) is 22.4. The summed E-state index contributed by atoms with van der Waals surface area (Å²) in [6.07, 6.45) is 0. The van der Waals surface area contributed by atoms with Crippen molar-refractivity contribution in [3.05, 3.63) is 66.2 Å². The highest BCUT2D eigenvalue weighted by Gasteiger charge is 2.23. The van der Waals surface area contributed by atoms with Crippen LogP contribution in [0.4, 0.5) is 5.13 Å². The first-order valence-electron chi connectivity index (χ1n) is 10.0. The van der Waals surface area contributed by atoms with Crippen LogP contribution in [-0.2, 0) is 0 Å². The molecule has 1 aromatic heterocycles. The van der Waals surface area contributed by atoms with Gasteiger partial charge in [0.2, 0.25) is 0 Å². The molecular formula is C24H25N3O2S. The molecule has 4 aromatic rings. The fourth-order valence-electron chi connectivity index (χ4n) is 3.44. The Hall–Kier alpha value is -2.96. The molecule has 0 fully saturated rings. The molecule has 0 spiro atoms. The fourth-order valence-corrected chi connectivity index (χ4v) is 4.45. The molecule has 4 rings (SSSR count). The number of benzene rings is 3. The summed E-state index contributed by atoms with van der Waals surface area (Å²) in [5.74, 6) is 0.716. The average Bonchev–Trinajstić information content (AvgIpc) is 3.18. The third-order valence-corrected chi connectivity index (χ3v) is 5.98. The van der Waals surface area contributed by atoms with E-state index >= 15 is 0 Å². The van der Waals surface area contributed by atoms with Crippen molar-refractivity contribution >= 4 is 43.4 Å². The van der Waals surface area contributed by atoms with Crippen LogP contribution in [0.5, 0.6) is 5.75 Å². The van der Waals surface area contributed by atoms with Crippen LogP contribution in [0.15, 0.2) is 60.7 Å². The van der Waals surface area contributed by atoms with E-state index in [1.54, 1.807) is 4.90 Å². The number of nitrogens with zero attached hydrogens (tertiary/aromatic N) is 3. The van der Waals surface area contributed by atoms with Crippen molar-refractivity contribution in [1.82, 2.24) is 9.88 Å². The summed E-state index contributed by atoms with van der Waals surface area (Å²) < 4.78 is 6.76. The average molecular weight is 420 g/mol. The lowest BCUT2D eigenvalue weighted by Crippen LogP contribution is -2.36. The van der Waals surface area contributed by atoms with E-state index in [4.69, 9.17) is 9.72 Å². The summed E-state index contributed by atoms with van der Waals surface area (Å²) in [7, 11) is 4.01. The van der Waals surface area contributed by atoms with E-state index in [2.05, 4.69) is 4.90 Å². The van der Waals surface area contributed by atoms with E-state index in [0.717, 1.165) is 33.3 Å². The summed E-state index contributed by atoms with van der Waals surface area (Å²) in [5.41, 5.74) is 1.50. The quantitative estimate of drug-likeness (QED) is 0.420. The second kappa shape index (κ2) is 8.81. The molecule has 1 amide bonds. The third-order valence-electron chi connectivity index (χ3n) is 4.94. The second-order valence-corrected chi connectivity index (χ2v) is 8.33. The number of ether oxygens (including phenoxy) is 1. The van der Waals surface area contributed by atoms with Gasteiger partial charge in [-0.15, -0.1) is 0 Å². The van der Waals surface area contributed by atoms with Gasteiger partial charge in [0.25, 0.3) is 5.91 Å². The van der Waals surface area contributed by atoms with Crippen molar-refractivity contribution in [3.63, 3.8) is 0 Å². The number of hydrogen-bond acceptors (Lipinski definition) is 5. The molecule has 0 atom stereocenters. The topological polar surface area (TPSA) is 45.7 Å². The van der Waals surface area contributed by atoms with Crippen LogP contribution in [0, 0.1) is 0 Å². The maximum atomic E-state index is 13.7. The van der Waals surface area contributed by atoms with Crippen LogP contribution in [0.25, 0.3) is 21.0 Å². The predicted molar refractivity (Wildman–Crippen MR) is 125 cm³/mol. The number of anilines is 1. The molecule has 0 saturated carbocycles. The fraction of sp³-hybridized carbons (Fsp3) is 0.250. The smallest absolute Gasteiger partial charge is 0.260 e. The molecule has 0 radical (unpaired) electrons. The lowest BCUT2D eigenvalue weighted by atomic mass is 10.0. The minimum absolute atomic E-state index is 0.0364. The van der Waals surface area contributed by atoms with Gasteiger partial charge in [-0.3, -0.25) is 9.69 Å². The highest BCUT2D eigenvalue weighted by Crippen LogP contribution is 2.35. The molecule has 0 unspecified atom stereocenters. The van der Waals surface area contributed by atoms with E-state index in [1.165, 1.54) is 11.3 Å². The summed E-state index contributed by atoms with van der Waals surface area (Å²) in [6.45, 7) is 3.83. The van der Waals surface area contributed by atoms with E-state index in [9.17, 15) is 4.79 Å². The standard InChI is InChI=1S/C24H25N3O2S/c1-4-29-20-13-8-14-21-22(20)25-24(30-21)27(16-15-26(2)3)23(28)19-12-7-10-17-9-5-6-11-18(17)19/h5-14H,4,15-16H2,1-3H3. The number of carbonyl (C=O) groups is 1. The number of para-hydroxylation sites is 1. The normalized spacial score (nSPS) is 11.3. The number of carbonyl (C=O) groups excluding carboxylic acids is 1. The Labute approximate surface area is 180 Å². The van der Waals surface area contributed by atoms with Crippen molar-refractivity contribution in [2.75, 3.05) is 38.7 Å². The van der Waals surface area contributed by atoms with E-state index < -0.39 is 0 Å². The van der Waals surface area contributed by atoms with Crippen LogP contribution in [-0.4, -0.2) is 49.6 Å². The number of amides is 1. The predicted octanol–water partition coefficient (Wildman–Crippen LogP) is 5.06. The van der Waals surface area contributed by atoms with Gasteiger partial charge in [0.1, 0.15) is 11.3 Å². The lowest BCUT2D eigenvalue weighted by molar-refractivity contribution is 0.0987. The monoisotopic (exact) mass is 419 g/mol. The Morgan fingerprint density at radius 1 is 1.00 bits per heavy atom. The summed E-state index contributed by atoms with van der Waals surface area (Å²) in [5, 5.41) is 2.70. The van der Waals surface area contributed by atoms with Crippen molar-refractivity contribution in [2.24, 2.45) is 0 Å². The maximum Gasteiger partial charge on any atom is 0.260 e. The van der Waals surface area contributed by atoms with Crippen LogP contribution in [0.2, 0.25) is 0 Å². The first kappa shape index (κ1) is 20.3. The SMILES string of the molecule is CCOc1cccc2sc(N(CCN(C)C)C(=O)c3cccc4ccccc34)nc12. The maximum absolute atomic E-state index is 13.7. The third kappa shape index (κ3) is 4.01. The lowest BCUT2D eigenvalue weighted by Gasteiger charge is -2.22. The van der Waals surface area contributed by atoms with Gasteiger partial charge in [-0.25, -0.2) is 4.98 Å². The molecule has 6 heteroatoms. The number of rotatable bonds is 7. The van der Waals surface area contributed by atoms with Crippen LogP contribution >= 0.6 is 11.3 Å².